The number of nitro benzene ring substituents is 1. The number of halogens is 3. The molecule has 0 N–H and O–H groups in total. The summed E-state index contributed by atoms with van der Waals surface area (Å²) in [6, 6.07) is 10.8. The Morgan fingerprint density at radius 3 is 2.26 bits per heavy atom. The number of benzene rings is 2. The van der Waals surface area contributed by atoms with Crippen LogP contribution < -0.4 is 0 Å². The third-order valence-corrected chi connectivity index (χ3v) is 10.2. The second kappa shape index (κ2) is 8.53. The van der Waals surface area contributed by atoms with Crippen LogP contribution in [0, 0.1) is 39.6 Å². The fraction of sp³-hybridized carbons (Fsp3) is 0.348. The lowest BCUT2D eigenvalue weighted by molar-refractivity contribution is -0.384. The van der Waals surface area contributed by atoms with E-state index in [0.717, 1.165) is 22.5 Å². The lowest BCUT2D eigenvalue weighted by Crippen LogP contribution is -2.50. The molecular formula is C23H18Br2FN3O5. The van der Waals surface area contributed by atoms with Gasteiger partial charge >= 0.3 is 0 Å². The van der Waals surface area contributed by atoms with E-state index >= 15 is 0 Å². The summed E-state index contributed by atoms with van der Waals surface area (Å²) in [7, 11) is 0. The van der Waals surface area contributed by atoms with Crippen molar-refractivity contribution in [1.82, 2.24) is 10.0 Å². The van der Waals surface area contributed by atoms with Crippen molar-refractivity contribution in [3.05, 3.63) is 75.6 Å². The first-order valence-electron chi connectivity index (χ1n) is 10.7. The predicted octanol–water partition coefficient (Wildman–Crippen LogP) is 4.07. The molecule has 5 rings (SSSR count). The number of hydrogen-bond acceptors (Lipinski definition) is 5. The van der Waals surface area contributed by atoms with Crippen LogP contribution in [0.2, 0.25) is 0 Å². The van der Waals surface area contributed by atoms with Crippen molar-refractivity contribution in [2.24, 2.45) is 23.7 Å². The average Bonchev–Trinajstić information content (AvgIpc) is 3.43. The molecular weight excluding hydrogens is 577 g/mol. The second-order valence-corrected chi connectivity index (χ2v) is 10.9. The molecule has 0 aromatic heterocycles. The van der Waals surface area contributed by atoms with Gasteiger partial charge in [-0.25, -0.2) is 9.40 Å². The van der Waals surface area contributed by atoms with Crippen LogP contribution in [0.25, 0.3) is 0 Å². The van der Waals surface area contributed by atoms with Crippen LogP contribution in [0.3, 0.4) is 0 Å². The van der Waals surface area contributed by atoms with Crippen LogP contribution in [0.5, 0.6) is 0 Å². The van der Waals surface area contributed by atoms with Crippen LogP contribution in [-0.4, -0.2) is 42.3 Å². The minimum atomic E-state index is -0.799. The van der Waals surface area contributed by atoms with Gasteiger partial charge in [-0.1, -0.05) is 56.1 Å². The van der Waals surface area contributed by atoms with E-state index in [1.807, 2.05) is 0 Å². The molecule has 3 amide bonds. The van der Waals surface area contributed by atoms with Crippen molar-refractivity contribution < 1.29 is 23.7 Å². The maximum atomic E-state index is 14.5. The zero-order valence-corrected chi connectivity index (χ0v) is 20.7. The molecule has 0 spiro atoms. The molecule has 1 saturated heterocycles. The molecule has 8 nitrogen and oxygen atoms in total. The summed E-state index contributed by atoms with van der Waals surface area (Å²) in [5, 5.41) is 13.0. The fourth-order valence-electron chi connectivity index (χ4n) is 5.49. The van der Waals surface area contributed by atoms with Gasteiger partial charge < -0.3 is 0 Å². The quantitative estimate of drug-likeness (QED) is 0.225. The smallest absolute Gasteiger partial charge is 0.272 e. The van der Waals surface area contributed by atoms with Crippen molar-refractivity contribution >= 4 is 55.3 Å². The summed E-state index contributed by atoms with van der Waals surface area (Å²) >= 11 is 7.26. The number of alkyl halides is 2. The van der Waals surface area contributed by atoms with Crippen LogP contribution in [0.15, 0.2) is 48.5 Å². The number of nitrogens with zero attached hydrogens (tertiary/aromatic N) is 3. The van der Waals surface area contributed by atoms with Crippen LogP contribution in [0.4, 0.5) is 10.1 Å². The van der Waals surface area contributed by atoms with Crippen LogP contribution in [0.1, 0.15) is 22.3 Å². The van der Waals surface area contributed by atoms with Gasteiger partial charge in [-0.15, -0.1) is 0 Å². The summed E-state index contributed by atoms with van der Waals surface area (Å²) in [5.74, 6) is -3.67. The third kappa shape index (κ3) is 3.48. The number of imide groups is 1. The van der Waals surface area contributed by atoms with E-state index < -0.39 is 40.3 Å². The Bertz CT molecular complexity index is 1190. The maximum absolute atomic E-state index is 14.5. The Kier molecular flexibility index (Phi) is 5.79. The molecule has 3 aliphatic rings. The van der Waals surface area contributed by atoms with E-state index in [0.29, 0.717) is 0 Å². The molecule has 0 radical (unpaired) electrons. The summed E-state index contributed by atoms with van der Waals surface area (Å²) < 4.78 is 14.5. The minimum Gasteiger partial charge on any atom is -0.272 e. The highest BCUT2D eigenvalue weighted by Gasteiger charge is 2.67. The second-order valence-electron chi connectivity index (χ2n) is 8.75. The Morgan fingerprint density at radius 2 is 1.68 bits per heavy atom. The van der Waals surface area contributed by atoms with Gasteiger partial charge in [-0.3, -0.25) is 24.5 Å². The van der Waals surface area contributed by atoms with E-state index in [9.17, 15) is 28.9 Å². The molecule has 176 valence electrons. The number of hydrazine groups is 1. The van der Waals surface area contributed by atoms with Gasteiger partial charge in [0.15, 0.2) is 0 Å². The highest BCUT2D eigenvalue weighted by Crippen LogP contribution is 2.60. The van der Waals surface area contributed by atoms with Crippen LogP contribution in [-0.2, 0) is 16.1 Å². The molecule has 11 heteroatoms. The molecule has 1 heterocycles. The van der Waals surface area contributed by atoms with Crippen molar-refractivity contribution in [3.63, 3.8) is 0 Å². The largest absolute Gasteiger partial charge is 0.273 e. The van der Waals surface area contributed by atoms with Gasteiger partial charge in [-0.2, -0.15) is 5.01 Å². The summed E-state index contributed by atoms with van der Waals surface area (Å²) in [6.07, 6.45) is 0.721. The van der Waals surface area contributed by atoms with Gasteiger partial charge in [-0.05, 0) is 30.4 Å². The Morgan fingerprint density at radius 1 is 1.06 bits per heavy atom. The normalized spacial score (nSPS) is 29.4. The molecule has 34 heavy (non-hydrogen) atoms. The lowest BCUT2D eigenvalue weighted by Gasteiger charge is -2.31. The maximum Gasteiger partial charge on any atom is 0.273 e. The van der Waals surface area contributed by atoms with Crippen molar-refractivity contribution in [2.75, 3.05) is 0 Å². The minimum absolute atomic E-state index is 0.0166. The first-order chi connectivity index (χ1) is 16.2. The van der Waals surface area contributed by atoms with E-state index in [1.54, 1.807) is 6.07 Å². The van der Waals surface area contributed by atoms with Gasteiger partial charge in [0.1, 0.15) is 5.82 Å². The Balaban J connectivity index is 1.55. The molecule has 1 aliphatic heterocycles. The number of fused-ring (bicyclic) bond motifs is 5. The van der Waals surface area contributed by atoms with Crippen molar-refractivity contribution in [1.29, 1.82) is 0 Å². The van der Waals surface area contributed by atoms with Crippen molar-refractivity contribution in [3.8, 4) is 0 Å². The Labute approximate surface area is 210 Å². The molecule has 2 bridgehead atoms. The highest BCUT2D eigenvalue weighted by atomic mass is 79.9. The molecule has 2 aliphatic carbocycles. The SMILES string of the molecule is O=C(c1cccc([N+](=O)[O-])c1)N(Cc1ccccc1F)N1C(=O)[C@@H]2[C@H]3C[C@@H]([C@H](Br)[C@H]3Br)[C@@H]2C1=O. The number of amides is 3. The number of carbonyl (C=O) groups excluding carboxylic acids is 3. The molecule has 2 aromatic carbocycles. The first-order valence-corrected chi connectivity index (χ1v) is 12.5. The average molecular weight is 595 g/mol. The third-order valence-electron chi connectivity index (χ3n) is 7.02. The molecule has 0 unspecified atom stereocenters. The topological polar surface area (TPSA) is 101 Å². The molecule has 2 saturated carbocycles. The Hall–Kier alpha value is -2.66. The van der Waals surface area contributed by atoms with E-state index in [2.05, 4.69) is 31.9 Å². The summed E-state index contributed by atoms with van der Waals surface area (Å²) in [5.41, 5.74) is -0.281. The van der Waals surface area contributed by atoms with Gasteiger partial charge in [0, 0.05) is 32.9 Å². The van der Waals surface area contributed by atoms with E-state index in [1.165, 1.54) is 36.4 Å². The summed E-state index contributed by atoms with van der Waals surface area (Å²) in [4.78, 5) is 51.2. The molecule has 6 atom stereocenters. The van der Waals surface area contributed by atoms with Gasteiger partial charge in [0.25, 0.3) is 23.4 Å². The fourth-order valence-corrected chi connectivity index (χ4v) is 7.37. The number of hydrogen-bond donors (Lipinski definition) is 0. The van der Waals surface area contributed by atoms with Crippen LogP contribution >= 0.6 is 31.9 Å². The van der Waals surface area contributed by atoms with Crippen molar-refractivity contribution in [2.45, 2.75) is 22.6 Å². The molecule has 2 aromatic rings. The zero-order chi connectivity index (χ0) is 24.3. The standard InChI is InChI=1S/C23H18Br2FN3O5/c24-19-14-9-15(20(19)25)18-17(14)22(31)28(23(18)32)27(10-12-4-1-2-7-16(12)26)21(30)11-5-3-6-13(8-11)29(33)34/h1-8,14-15,17-20H,9-10H2/t14-,15-,17-,18+,19+,20+/m1/s1. The van der Waals surface area contributed by atoms with Gasteiger partial charge in [0.05, 0.1) is 23.3 Å². The van der Waals surface area contributed by atoms with E-state index in [4.69, 9.17) is 0 Å². The number of nitro groups is 1. The monoisotopic (exact) mass is 593 g/mol. The van der Waals surface area contributed by atoms with Gasteiger partial charge in [0.2, 0.25) is 0 Å². The lowest BCUT2D eigenvalue weighted by atomic mass is 9.81. The van der Waals surface area contributed by atoms with E-state index in [-0.39, 0.29) is 44.8 Å². The first kappa shape index (κ1) is 23.1. The zero-order valence-electron chi connectivity index (χ0n) is 17.5. The number of non-ortho nitro benzene ring substituents is 1. The predicted molar refractivity (Wildman–Crippen MR) is 125 cm³/mol. The molecule has 3 fully saturated rings. The highest BCUT2D eigenvalue weighted by molar-refractivity contribution is 9.12. The summed E-state index contributed by atoms with van der Waals surface area (Å²) in [6.45, 7) is -0.379. The number of rotatable bonds is 5. The number of carbonyl (C=O) groups is 3.